The molecule has 0 aliphatic carbocycles. The van der Waals surface area contributed by atoms with Gasteiger partial charge in [0.25, 0.3) is 0 Å². The molecule has 2 aliphatic rings. The van der Waals surface area contributed by atoms with Crippen molar-refractivity contribution in [1.29, 1.82) is 0 Å². The summed E-state index contributed by atoms with van der Waals surface area (Å²) in [6.45, 7) is 12.8. The number of nitrogens with zero attached hydrogens (tertiary/aromatic N) is 2. The van der Waals surface area contributed by atoms with E-state index in [1.54, 1.807) is 0 Å². The quantitative estimate of drug-likeness (QED) is 0.793. The molecule has 2 heterocycles. The van der Waals surface area contributed by atoms with E-state index in [0.29, 0.717) is 11.5 Å². The molecule has 0 radical (unpaired) electrons. The van der Waals surface area contributed by atoms with Gasteiger partial charge in [0.1, 0.15) is 0 Å². The maximum absolute atomic E-state index is 6.02. The number of nitrogens with two attached hydrogens (primary N) is 1. The minimum Gasteiger partial charge on any atom is -0.329 e. The topological polar surface area (TPSA) is 32.5 Å². The molecule has 0 aromatic rings. The van der Waals surface area contributed by atoms with Gasteiger partial charge in [-0.3, -0.25) is 9.80 Å². The Hall–Kier alpha value is -0.120. The monoisotopic (exact) mass is 239 g/mol. The summed E-state index contributed by atoms with van der Waals surface area (Å²) in [4.78, 5) is 5.35. The zero-order chi connectivity index (χ0) is 12.5. The van der Waals surface area contributed by atoms with Crippen LogP contribution in [0.3, 0.4) is 0 Å². The minimum atomic E-state index is 0.294. The van der Waals surface area contributed by atoms with Crippen LogP contribution in [-0.2, 0) is 0 Å². The van der Waals surface area contributed by atoms with E-state index in [4.69, 9.17) is 5.73 Å². The fraction of sp³-hybridized carbons (Fsp3) is 1.00. The third kappa shape index (κ3) is 3.01. The molecule has 100 valence electrons. The molecule has 0 bridgehead atoms. The van der Waals surface area contributed by atoms with E-state index in [0.717, 1.165) is 12.6 Å². The number of rotatable bonds is 2. The second-order valence-electron chi connectivity index (χ2n) is 6.80. The molecule has 0 aromatic carbocycles. The number of fused-ring (bicyclic) bond motifs is 1. The summed E-state index contributed by atoms with van der Waals surface area (Å²) in [5, 5.41) is 0. The maximum atomic E-state index is 6.02. The standard InChI is InChI=1S/C14H29N3/c1-14(2,3)13(10-15)17-9-5-8-16-7-4-6-12(16)11-17/h12-13H,4-11,15H2,1-3H3. The fourth-order valence-corrected chi connectivity index (χ4v) is 3.57. The Kier molecular flexibility index (Phi) is 4.11. The smallest absolute Gasteiger partial charge is 0.0267 e. The zero-order valence-electron chi connectivity index (χ0n) is 11.8. The first-order valence-electron chi connectivity index (χ1n) is 7.20. The highest BCUT2D eigenvalue weighted by Gasteiger charge is 2.35. The van der Waals surface area contributed by atoms with E-state index in [1.807, 2.05) is 0 Å². The van der Waals surface area contributed by atoms with Gasteiger partial charge in [0.2, 0.25) is 0 Å². The molecule has 3 heteroatoms. The van der Waals surface area contributed by atoms with Crippen LogP contribution in [0, 0.1) is 5.41 Å². The summed E-state index contributed by atoms with van der Waals surface area (Å²) >= 11 is 0. The molecule has 2 N–H and O–H groups in total. The molecule has 2 atom stereocenters. The Labute approximate surface area is 106 Å². The van der Waals surface area contributed by atoms with E-state index in [9.17, 15) is 0 Å². The Morgan fingerprint density at radius 2 is 1.88 bits per heavy atom. The van der Waals surface area contributed by atoms with Gasteiger partial charge < -0.3 is 5.73 Å². The largest absolute Gasteiger partial charge is 0.329 e. The molecule has 0 aromatic heterocycles. The molecule has 0 amide bonds. The van der Waals surface area contributed by atoms with Crippen LogP contribution in [0.25, 0.3) is 0 Å². The molecular weight excluding hydrogens is 210 g/mol. The molecule has 2 aliphatic heterocycles. The molecule has 2 fully saturated rings. The predicted molar refractivity (Wildman–Crippen MR) is 73.1 cm³/mol. The highest BCUT2D eigenvalue weighted by Crippen LogP contribution is 2.28. The number of hydrogen-bond acceptors (Lipinski definition) is 3. The summed E-state index contributed by atoms with van der Waals surface area (Å²) in [7, 11) is 0. The summed E-state index contributed by atoms with van der Waals surface area (Å²) in [5.74, 6) is 0. The van der Waals surface area contributed by atoms with Gasteiger partial charge in [0, 0.05) is 25.2 Å². The Morgan fingerprint density at radius 1 is 1.18 bits per heavy atom. The average Bonchev–Trinajstić information content (AvgIpc) is 2.56. The highest BCUT2D eigenvalue weighted by atomic mass is 15.3. The normalized spacial score (nSPS) is 30.0. The van der Waals surface area contributed by atoms with Crippen LogP contribution in [0.5, 0.6) is 0 Å². The van der Waals surface area contributed by atoms with Crippen LogP contribution in [-0.4, -0.2) is 54.6 Å². The third-order valence-electron chi connectivity index (χ3n) is 4.50. The Bertz CT molecular complexity index is 246. The molecule has 0 spiro atoms. The summed E-state index contributed by atoms with van der Waals surface area (Å²) in [5.41, 5.74) is 6.32. The van der Waals surface area contributed by atoms with Crippen LogP contribution in [0.1, 0.15) is 40.0 Å². The molecular formula is C14H29N3. The molecule has 3 nitrogen and oxygen atoms in total. The molecule has 17 heavy (non-hydrogen) atoms. The van der Waals surface area contributed by atoms with Crippen LogP contribution in [0.4, 0.5) is 0 Å². The van der Waals surface area contributed by atoms with Crippen molar-refractivity contribution < 1.29 is 0 Å². The number of hydrogen-bond donors (Lipinski definition) is 1. The van der Waals surface area contributed by atoms with Crippen molar-refractivity contribution >= 4 is 0 Å². The van der Waals surface area contributed by atoms with Crippen LogP contribution >= 0.6 is 0 Å². The summed E-state index contributed by atoms with van der Waals surface area (Å²) < 4.78 is 0. The second kappa shape index (κ2) is 5.25. The zero-order valence-corrected chi connectivity index (χ0v) is 11.8. The summed E-state index contributed by atoms with van der Waals surface area (Å²) in [6, 6.07) is 1.33. The lowest BCUT2D eigenvalue weighted by Crippen LogP contribution is -2.51. The first-order chi connectivity index (χ1) is 8.02. The van der Waals surface area contributed by atoms with E-state index >= 15 is 0 Å². The fourth-order valence-electron chi connectivity index (χ4n) is 3.57. The van der Waals surface area contributed by atoms with E-state index in [-0.39, 0.29) is 0 Å². The van der Waals surface area contributed by atoms with Crippen LogP contribution < -0.4 is 5.73 Å². The van der Waals surface area contributed by atoms with Crippen LogP contribution in [0.2, 0.25) is 0 Å². The lowest BCUT2D eigenvalue weighted by Gasteiger charge is -2.40. The van der Waals surface area contributed by atoms with Crippen molar-refractivity contribution in [3.63, 3.8) is 0 Å². The van der Waals surface area contributed by atoms with Gasteiger partial charge in [0.15, 0.2) is 0 Å². The van der Waals surface area contributed by atoms with Crippen molar-refractivity contribution in [1.82, 2.24) is 9.80 Å². The lowest BCUT2D eigenvalue weighted by molar-refractivity contribution is 0.0962. The van der Waals surface area contributed by atoms with Gasteiger partial charge in [-0.15, -0.1) is 0 Å². The first-order valence-corrected chi connectivity index (χ1v) is 7.20. The van der Waals surface area contributed by atoms with Gasteiger partial charge in [0.05, 0.1) is 0 Å². The van der Waals surface area contributed by atoms with Crippen molar-refractivity contribution in [2.75, 3.05) is 32.7 Å². The third-order valence-corrected chi connectivity index (χ3v) is 4.50. The lowest BCUT2D eigenvalue weighted by atomic mass is 9.85. The molecule has 2 saturated heterocycles. The average molecular weight is 239 g/mol. The van der Waals surface area contributed by atoms with Gasteiger partial charge in [-0.25, -0.2) is 0 Å². The molecule has 0 saturated carbocycles. The first kappa shape index (κ1) is 13.3. The highest BCUT2D eigenvalue weighted by molar-refractivity contribution is 4.91. The summed E-state index contributed by atoms with van der Waals surface area (Å²) in [6.07, 6.45) is 4.09. The van der Waals surface area contributed by atoms with Gasteiger partial charge in [-0.1, -0.05) is 20.8 Å². The Balaban J connectivity index is 2.04. The van der Waals surface area contributed by atoms with Crippen LogP contribution in [0.15, 0.2) is 0 Å². The predicted octanol–water partition coefficient (Wildman–Crippen LogP) is 1.53. The van der Waals surface area contributed by atoms with Crippen molar-refractivity contribution in [3.8, 4) is 0 Å². The van der Waals surface area contributed by atoms with E-state index in [2.05, 4.69) is 30.6 Å². The SMILES string of the molecule is CC(C)(C)C(CN)N1CCCN2CCCC2C1. The van der Waals surface area contributed by atoms with Crippen molar-refractivity contribution in [2.45, 2.75) is 52.1 Å². The van der Waals surface area contributed by atoms with Gasteiger partial charge in [-0.05, 0) is 44.3 Å². The van der Waals surface area contributed by atoms with Crippen molar-refractivity contribution in [2.24, 2.45) is 11.1 Å². The maximum Gasteiger partial charge on any atom is 0.0267 e. The van der Waals surface area contributed by atoms with E-state index < -0.39 is 0 Å². The van der Waals surface area contributed by atoms with Gasteiger partial charge >= 0.3 is 0 Å². The molecule has 2 unspecified atom stereocenters. The second-order valence-corrected chi connectivity index (χ2v) is 6.80. The molecule has 2 rings (SSSR count). The minimum absolute atomic E-state index is 0.294. The van der Waals surface area contributed by atoms with Gasteiger partial charge in [-0.2, -0.15) is 0 Å². The Morgan fingerprint density at radius 3 is 2.53 bits per heavy atom. The van der Waals surface area contributed by atoms with Crippen molar-refractivity contribution in [3.05, 3.63) is 0 Å². The van der Waals surface area contributed by atoms with E-state index in [1.165, 1.54) is 45.4 Å².